The van der Waals surface area contributed by atoms with Gasteiger partial charge in [0, 0.05) is 29.5 Å². The van der Waals surface area contributed by atoms with Gasteiger partial charge in [0.2, 0.25) is 0 Å². The Hall–Kier alpha value is -1.49. The molecule has 2 aromatic heterocycles. The monoisotopic (exact) mass is 306 g/mol. The molecule has 2 rings (SSSR count). The highest BCUT2D eigenvalue weighted by Gasteiger charge is 2.12. The number of nitrogens with zero attached hydrogens (tertiary/aromatic N) is 3. The molecule has 0 aliphatic carbocycles. The van der Waals surface area contributed by atoms with E-state index in [1.165, 1.54) is 0 Å². The van der Waals surface area contributed by atoms with Crippen LogP contribution in [0.4, 0.5) is 5.82 Å². The van der Waals surface area contributed by atoms with E-state index in [4.69, 9.17) is 0 Å². The third-order valence-corrected chi connectivity index (χ3v) is 3.20. The number of hydrogen-bond acceptors (Lipinski definition) is 4. The number of aromatic nitrogens is 3. The van der Waals surface area contributed by atoms with Crippen LogP contribution in [0.1, 0.15) is 25.5 Å². The van der Waals surface area contributed by atoms with Gasteiger partial charge >= 0.3 is 0 Å². The minimum atomic E-state index is 0.348. The molecule has 94 valence electrons. The van der Waals surface area contributed by atoms with Crippen molar-refractivity contribution in [2.75, 3.05) is 12.4 Å². The van der Waals surface area contributed by atoms with Crippen molar-refractivity contribution in [1.82, 2.24) is 15.0 Å². The van der Waals surface area contributed by atoms with Crippen LogP contribution in [0.3, 0.4) is 0 Å². The zero-order chi connectivity index (χ0) is 13.1. The Morgan fingerprint density at radius 1 is 1.28 bits per heavy atom. The van der Waals surface area contributed by atoms with E-state index in [1.54, 1.807) is 6.20 Å². The lowest BCUT2D eigenvalue weighted by Gasteiger charge is -2.10. The van der Waals surface area contributed by atoms with Gasteiger partial charge in [-0.15, -0.1) is 0 Å². The molecule has 1 N–H and O–H groups in total. The molecular weight excluding hydrogens is 292 g/mol. The van der Waals surface area contributed by atoms with Crippen molar-refractivity contribution in [2.45, 2.75) is 19.8 Å². The van der Waals surface area contributed by atoms with Crippen molar-refractivity contribution in [3.8, 4) is 11.5 Å². The minimum absolute atomic E-state index is 0.348. The van der Waals surface area contributed by atoms with Crippen LogP contribution in [0.15, 0.2) is 28.9 Å². The molecule has 0 atom stereocenters. The smallest absolute Gasteiger partial charge is 0.181 e. The van der Waals surface area contributed by atoms with Crippen LogP contribution in [-0.2, 0) is 0 Å². The van der Waals surface area contributed by atoms with Gasteiger partial charge in [-0.05, 0) is 34.0 Å². The van der Waals surface area contributed by atoms with Crippen LogP contribution in [0.25, 0.3) is 11.5 Å². The van der Waals surface area contributed by atoms with E-state index in [9.17, 15) is 0 Å². The van der Waals surface area contributed by atoms with Gasteiger partial charge in [-0.1, -0.05) is 13.8 Å². The SMILES string of the molecule is CNc1cc(C(C)C)nc(-c2ncccc2Br)n1. The van der Waals surface area contributed by atoms with Crippen LogP contribution in [0.5, 0.6) is 0 Å². The number of rotatable bonds is 3. The zero-order valence-corrected chi connectivity index (χ0v) is 12.2. The van der Waals surface area contributed by atoms with Gasteiger partial charge in [-0.3, -0.25) is 4.98 Å². The van der Waals surface area contributed by atoms with Gasteiger partial charge in [0.15, 0.2) is 5.82 Å². The molecule has 0 saturated heterocycles. The van der Waals surface area contributed by atoms with E-state index in [0.717, 1.165) is 21.7 Å². The normalized spacial score (nSPS) is 10.7. The van der Waals surface area contributed by atoms with Gasteiger partial charge in [0.05, 0.1) is 0 Å². The molecule has 0 bridgehead atoms. The maximum Gasteiger partial charge on any atom is 0.181 e. The largest absolute Gasteiger partial charge is 0.373 e. The van der Waals surface area contributed by atoms with Crippen LogP contribution in [0, 0.1) is 0 Å². The first-order valence-corrected chi connectivity index (χ1v) is 6.58. The molecule has 0 aliphatic heterocycles. The Kier molecular flexibility index (Phi) is 3.91. The summed E-state index contributed by atoms with van der Waals surface area (Å²) in [6.45, 7) is 4.22. The summed E-state index contributed by atoms with van der Waals surface area (Å²) in [6, 6.07) is 5.77. The van der Waals surface area contributed by atoms with Crippen molar-refractivity contribution < 1.29 is 0 Å². The lowest BCUT2D eigenvalue weighted by Crippen LogP contribution is -2.03. The van der Waals surface area contributed by atoms with Crippen molar-refractivity contribution in [2.24, 2.45) is 0 Å². The summed E-state index contributed by atoms with van der Waals surface area (Å²) in [7, 11) is 1.85. The Bertz CT molecular complexity index is 554. The van der Waals surface area contributed by atoms with Gasteiger partial charge in [0.25, 0.3) is 0 Å². The molecule has 0 aliphatic rings. The summed E-state index contributed by atoms with van der Waals surface area (Å²) in [5, 5.41) is 3.06. The number of nitrogens with one attached hydrogen (secondary N) is 1. The zero-order valence-electron chi connectivity index (χ0n) is 10.6. The van der Waals surface area contributed by atoms with Crippen molar-refractivity contribution >= 4 is 21.7 Å². The fourth-order valence-corrected chi connectivity index (χ4v) is 1.98. The number of hydrogen-bond donors (Lipinski definition) is 1. The van der Waals surface area contributed by atoms with E-state index >= 15 is 0 Å². The quantitative estimate of drug-likeness (QED) is 0.943. The van der Waals surface area contributed by atoms with Crippen molar-refractivity contribution in [3.05, 3.63) is 34.6 Å². The highest BCUT2D eigenvalue weighted by atomic mass is 79.9. The van der Waals surface area contributed by atoms with Gasteiger partial charge in [0.1, 0.15) is 11.5 Å². The molecule has 0 saturated carbocycles. The highest BCUT2D eigenvalue weighted by molar-refractivity contribution is 9.10. The Morgan fingerprint density at radius 3 is 2.67 bits per heavy atom. The second-order valence-corrected chi connectivity index (χ2v) is 5.09. The predicted molar refractivity (Wildman–Crippen MR) is 76.6 cm³/mol. The second-order valence-electron chi connectivity index (χ2n) is 4.24. The first-order chi connectivity index (χ1) is 8.61. The van der Waals surface area contributed by atoms with Gasteiger partial charge < -0.3 is 5.32 Å². The predicted octanol–water partition coefficient (Wildman–Crippen LogP) is 3.47. The number of pyridine rings is 1. The van der Waals surface area contributed by atoms with E-state index in [-0.39, 0.29) is 0 Å². The lowest BCUT2D eigenvalue weighted by molar-refractivity contribution is 0.816. The van der Waals surface area contributed by atoms with E-state index < -0.39 is 0 Å². The maximum absolute atomic E-state index is 4.57. The molecule has 5 heteroatoms. The van der Waals surface area contributed by atoms with E-state index in [2.05, 4.69) is 50.0 Å². The molecule has 2 aromatic rings. The third kappa shape index (κ3) is 2.67. The van der Waals surface area contributed by atoms with Crippen LogP contribution in [-0.4, -0.2) is 22.0 Å². The molecule has 0 fully saturated rings. The fourth-order valence-electron chi connectivity index (χ4n) is 1.55. The summed E-state index contributed by atoms with van der Waals surface area (Å²) in [5.74, 6) is 1.79. The van der Waals surface area contributed by atoms with E-state index in [1.807, 2.05) is 25.2 Å². The molecule has 18 heavy (non-hydrogen) atoms. The highest BCUT2D eigenvalue weighted by Crippen LogP contribution is 2.25. The van der Waals surface area contributed by atoms with Crippen LogP contribution in [0.2, 0.25) is 0 Å². The summed E-state index contributed by atoms with van der Waals surface area (Å²) in [4.78, 5) is 13.3. The van der Waals surface area contributed by atoms with Crippen LogP contribution >= 0.6 is 15.9 Å². The summed E-state index contributed by atoms with van der Waals surface area (Å²) in [6.07, 6.45) is 1.74. The molecule has 0 aromatic carbocycles. The van der Waals surface area contributed by atoms with Gasteiger partial charge in [-0.25, -0.2) is 9.97 Å². The fraction of sp³-hybridized carbons (Fsp3) is 0.308. The number of halogens is 1. The van der Waals surface area contributed by atoms with Crippen molar-refractivity contribution in [1.29, 1.82) is 0 Å². The second kappa shape index (κ2) is 5.44. The molecule has 4 nitrogen and oxygen atoms in total. The third-order valence-electron chi connectivity index (χ3n) is 2.56. The summed E-state index contributed by atoms with van der Waals surface area (Å²) in [5.41, 5.74) is 1.76. The molecule has 2 heterocycles. The first-order valence-electron chi connectivity index (χ1n) is 5.79. The first kappa shape index (κ1) is 13.0. The maximum atomic E-state index is 4.57. The average Bonchev–Trinajstić information content (AvgIpc) is 2.38. The Labute approximate surface area is 115 Å². The number of anilines is 1. The van der Waals surface area contributed by atoms with Crippen LogP contribution < -0.4 is 5.32 Å². The lowest BCUT2D eigenvalue weighted by atomic mass is 10.1. The molecule has 0 amide bonds. The Balaban J connectivity index is 2.57. The van der Waals surface area contributed by atoms with Gasteiger partial charge in [-0.2, -0.15) is 0 Å². The molecular formula is C13H15BrN4. The molecule has 0 spiro atoms. The van der Waals surface area contributed by atoms with E-state index in [0.29, 0.717) is 11.7 Å². The Morgan fingerprint density at radius 2 is 2.06 bits per heavy atom. The standard InChI is InChI=1S/C13H15BrN4/c1-8(2)10-7-11(15-3)18-13(17-10)12-9(14)5-4-6-16-12/h4-8H,1-3H3,(H,15,17,18). The average molecular weight is 307 g/mol. The molecule has 0 unspecified atom stereocenters. The summed E-state index contributed by atoms with van der Waals surface area (Å²) >= 11 is 3.48. The minimum Gasteiger partial charge on any atom is -0.373 e. The summed E-state index contributed by atoms with van der Waals surface area (Å²) < 4.78 is 0.896. The van der Waals surface area contributed by atoms with Crippen molar-refractivity contribution in [3.63, 3.8) is 0 Å². The topological polar surface area (TPSA) is 50.7 Å². The molecule has 0 radical (unpaired) electrons.